The molecule has 15 heavy (non-hydrogen) atoms. The zero-order valence-corrected chi connectivity index (χ0v) is 10.8. The van der Waals surface area contributed by atoms with Crippen molar-refractivity contribution in [2.75, 3.05) is 33.2 Å². The molecule has 0 aromatic heterocycles. The summed E-state index contributed by atoms with van der Waals surface area (Å²) in [5, 5.41) is 0. The van der Waals surface area contributed by atoms with E-state index in [1.54, 1.807) is 0 Å². The SMILES string of the molecule is CCN(C(C)C)C1(CN)CCN(C)CC1. The maximum Gasteiger partial charge on any atom is 0.0358 e. The molecule has 0 bridgehead atoms. The van der Waals surface area contributed by atoms with Crippen LogP contribution in [0.15, 0.2) is 0 Å². The van der Waals surface area contributed by atoms with Crippen molar-refractivity contribution >= 4 is 0 Å². The van der Waals surface area contributed by atoms with Gasteiger partial charge in [0, 0.05) is 18.1 Å². The van der Waals surface area contributed by atoms with E-state index in [1.807, 2.05) is 0 Å². The topological polar surface area (TPSA) is 32.5 Å². The highest BCUT2D eigenvalue weighted by Crippen LogP contribution is 2.29. The van der Waals surface area contributed by atoms with E-state index < -0.39 is 0 Å². The number of nitrogens with zero attached hydrogens (tertiary/aromatic N) is 2. The summed E-state index contributed by atoms with van der Waals surface area (Å²) in [4.78, 5) is 4.99. The van der Waals surface area contributed by atoms with Gasteiger partial charge in [0.2, 0.25) is 0 Å². The van der Waals surface area contributed by atoms with E-state index in [1.165, 1.54) is 25.9 Å². The number of nitrogens with two attached hydrogens (primary N) is 1. The summed E-state index contributed by atoms with van der Waals surface area (Å²) in [5.41, 5.74) is 6.30. The van der Waals surface area contributed by atoms with Gasteiger partial charge in [-0.15, -0.1) is 0 Å². The Bertz CT molecular complexity index is 183. The van der Waals surface area contributed by atoms with Gasteiger partial charge in [-0.05, 0) is 53.4 Å². The highest BCUT2D eigenvalue weighted by Gasteiger charge is 2.38. The van der Waals surface area contributed by atoms with Crippen LogP contribution in [0.1, 0.15) is 33.6 Å². The Kier molecular flexibility index (Phi) is 4.56. The van der Waals surface area contributed by atoms with Crippen molar-refractivity contribution in [3.63, 3.8) is 0 Å². The molecule has 1 rings (SSSR count). The van der Waals surface area contributed by atoms with Gasteiger partial charge < -0.3 is 10.6 Å². The summed E-state index contributed by atoms with van der Waals surface area (Å²) in [6.45, 7) is 11.1. The molecule has 1 heterocycles. The molecule has 0 radical (unpaired) electrons. The minimum Gasteiger partial charge on any atom is -0.329 e. The molecule has 90 valence electrons. The fourth-order valence-corrected chi connectivity index (χ4v) is 2.89. The van der Waals surface area contributed by atoms with E-state index in [0.29, 0.717) is 6.04 Å². The summed E-state index contributed by atoms with van der Waals surface area (Å²) in [5.74, 6) is 0. The number of likely N-dealkylation sites (N-methyl/N-ethyl adjacent to an activating group) is 1. The summed E-state index contributed by atoms with van der Waals surface area (Å²) < 4.78 is 0. The quantitative estimate of drug-likeness (QED) is 0.760. The number of likely N-dealkylation sites (tertiary alicyclic amines) is 1. The van der Waals surface area contributed by atoms with E-state index in [2.05, 4.69) is 37.6 Å². The zero-order valence-electron chi connectivity index (χ0n) is 10.8. The fraction of sp³-hybridized carbons (Fsp3) is 1.00. The molecule has 1 fully saturated rings. The Hall–Kier alpha value is -0.120. The molecule has 1 saturated heterocycles. The third-order valence-corrected chi connectivity index (χ3v) is 3.87. The number of piperidine rings is 1. The molecule has 3 heteroatoms. The van der Waals surface area contributed by atoms with Crippen LogP contribution in [-0.2, 0) is 0 Å². The molecule has 0 amide bonds. The molecule has 0 unspecified atom stereocenters. The van der Waals surface area contributed by atoms with Crippen LogP contribution in [0.3, 0.4) is 0 Å². The van der Waals surface area contributed by atoms with Crippen LogP contribution >= 0.6 is 0 Å². The first-order chi connectivity index (χ1) is 7.05. The lowest BCUT2D eigenvalue weighted by atomic mass is 9.84. The van der Waals surface area contributed by atoms with Crippen molar-refractivity contribution in [3.05, 3.63) is 0 Å². The molecule has 2 N–H and O–H groups in total. The van der Waals surface area contributed by atoms with Crippen LogP contribution in [0.5, 0.6) is 0 Å². The third-order valence-electron chi connectivity index (χ3n) is 3.87. The summed E-state index contributed by atoms with van der Waals surface area (Å²) in [6.07, 6.45) is 2.43. The molecule has 3 nitrogen and oxygen atoms in total. The Morgan fingerprint density at radius 3 is 2.20 bits per heavy atom. The Balaban J connectivity index is 2.74. The highest BCUT2D eigenvalue weighted by atomic mass is 15.3. The molecular weight excluding hydrogens is 186 g/mol. The van der Waals surface area contributed by atoms with Crippen molar-refractivity contribution in [1.29, 1.82) is 0 Å². The van der Waals surface area contributed by atoms with Crippen LogP contribution in [0.2, 0.25) is 0 Å². The Labute approximate surface area is 94.6 Å². The second-order valence-electron chi connectivity index (χ2n) is 5.11. The lowest BCUT2D eigenvalue weighted by Crippen LogP contribution is -2.60. The Morgan fingerprint density at radius 2 is 1.87 bits per heavy atom. The monoisotopic (exact) mass is 213 g/mol. The Morgan fingerprint density at radius 1 is 1.33 bits per heavy atom. The first-order valence-corrected chi connectivity index (χ1v) is 6.21. The van der Waals surface area contributed by atoms with E-state index in [-0.39, 0.29) is 5.54 Å². The lowest BCUT2D eigenvalue weighted by molar-refractivity contribution is 0.0155. The van der Waals surface area contributed by atoms with Crippen molar-refractivity contribution in [3.8, 4) is 0 Å². The van der Waals surface area contributed by atoms with Crippen molar-refractivity contribution in [1.82, 2.24) is 9.80 Å². The van der Waals surface area contributed by atoms with Gasteiger partial charge in [-0.3, -0.25) is 4.90 Å². The maximum atomic E-state index is 6.04. The minimum absolute atomic E-state index is 0.259. The predicted molar refractivity (Wildman–Crippen MR) is 66.0 cm³/mol. The van der Waals surface area contributed by atoms with Gasteiger partial charge in [-0.2, -0.15) is 0 Å². The smallest absolute Gasteiger partial charge is 0.0358 e. The van der Waals surface area contributed by atoms with E-state index in [4.69, 9.17) is 5.73 Å². The molecule has 0 saturated carbocycles. The van der Waals surface area contributed by atoms with Crippen molar-refractivity contribution in [2.24, 2.45) is 5.73 Å². The van der Waals surface area contributed by atoms with Crippen LogP contribution in [0.25, 0.3) is 0 Å². The molecule has 0 aromatic rings. The first kappa shape index (κ1) is 12.9. The lowest BCUT2D eigenvalue weighted by Gasteiger charge is -2.49. The van der Waals surface area contributed by atoms with Crippen LogP contribution in [0, 0.1) is 0 Å². The van der Waals surface area contributed by atoms with Crippen LogP contribution in [0.4, 0.5) is 0 Å². The fourth-order valence-electron chi connectivity index (χ4n) is 2.89. The van der Waals surface area contributed by atoms with E-state index in [9.17, 15) is 0 Å². The molecule has 0 spiro atoms. The molecule has 1 aliphatic rings. The van der Waals surface area contributed by atoms with Gasteiger partial charge in [0.05, 0.1) is 0 Å². The van der Waals surface area contributed by atoms with Crippen LogP contribution < -0.4 is 5.73 Å². The van der Waals surface area contributed by atoms with E-state index in [0.717, 1.165) is 13.1 Å². The molecule has 0 aliphatic carbocycles. The van der Waals surface area contributed by atoms with Gasteiger partial charge in [-0.25, -0.2) is 0 Å². The predicted octanol–water partition coefficient (Wildman–Crippen LogP) is 1.14. The summed E-state index contributed by atoms with van der Waals surface area (Å²) in [7, 11) is 2.20. The van der Waals surface area contributed by atoms with Crippen molar-refractivity contribution in [2.45, 2.75) is 45.2 Å². The molecular formula is C12H27N3. The molecule has 1 aliphatic heterocycles. The van der Waals surface area contributed by atoms with Crippen molar-refractivity contribution < 1.29 is 0 Å². The number of rotatable bonds is 4. The summed E-state index contributed by atoms with van der Waals surface area (Å²) in [6, 6.07) is 0.599. The third kappa shape index (κ3) is 2.71. The normalized spacial score (nSPS) is 22.6. The first-order valence-electron chi connectivity index (χ1n) is 6.21. The number of hydrogen-bond acceptors (Lipinski definition) is 3. The van der Waals surface area contributed by atoms with Gasteiger partial charge in [-0.1, -0.05) is 6.92 Å². The van der Waals surface area contributed by atoms with E-state index >= 15 is 0 Å². The second-order valence-corrected chi connectivity index (χ2v) is 5.11. The zero-order chi connectivity index (χ0) is 11.5. The van der Waals surface area contributed by atoms with Gasteiger partial charge in [0.15, 0.2) is 0 Å². The van der Waals surface area contributed by atoms with Gasteiger partial charge in [0.25, 0.3) is 0 Å². The maximum absolute atomic E-state index is 6.04. The number of hydrogen-bond donors (Lipinski definition) is 1. The standard InChI is InChI=1S/C12H27N3/c1-5-15(11(2)3)12(10-13)6-8-14(4)9-7-12/h11H,5-10,13H2,1-4H3. The average Bonchev–Trinajstić information content (AvgIpc) is 2.22. The van der Waals surface area contributed by atoms with Gasteiger partial charge >= 0.3 is 0 Å². The second kappa shape index (κ2) is 5.28. The van der Waals surface area contributed by atoms with Gasteiger partial charge in [0.1, 0.15) is 0 Å². The average molecular weight is 213 g/mol. The molecule has 0 atom stereocenters. The minimum atomic E-state index is 0.259. The van der Waals surface area contributed by atoms with Crippen LogP contribution in [-0.4, -0.2) is 54.6 Å². The molecule has 0 aromatic carbocycles. The summed E-state index contributed by atoms with van der Waals surface area (Å²) >= 11 is 0. The largest absolute Gasteiger partial charge is 0.329 e. The highest BCUT2D eigenvalue weighted by molar-refractivity contribution is 4.96.